The van der Waals surface area contributed by atoms with Gasteiger partial charge in [-0.05, 0) is 0 Å². The van der Waals surface area contributed by atoms with Crippen LogP contribution in [0.15, 0.2) is 12.5 Å². The lowest BCUT2D eigenvalue weighted by atomic mass is 10.2. The molecule has 0 radical (unpaired) electrons. The first-order valence-corrected chi connectivity index (χ1v) is 5.80. The average Bonchev–Trinajstić information content (AvgIpc) is 2.86. The van der Waals surface area contributed by atoms with Gasteiger partial charge in [-0.2, -0.15) is 0 Å². The van der Waals surface area contributed by atoms with Crippen molar-refractivity contribution in [3.63, 3.8) is 0 Å². The maximum atomic E-state index is 11.8. The molecule has 1 aromatic rings. The molecule has 0 aliphatic rings. The second-order valence-electron chi connectivity index (χ2n) is 3.93. The van der Waals surface area contributed by atoms with Gasteiger partial charge in [0.15, 0.2) is 0 Å². The highest BCUT2D eigenvalue weighted by Crippen LogP contribution is 2.00. The number of ether oxygens (including phenoxy) is 1. The van der Waals surface area contributed by atoms with Crippen molar-refractivity contribution in [1.82, 2.24) is 14.9 Å². The third-order valence-corrected chi connectivity index (χ3v) is 2.46. The number of carbonyl (C=O) groups is 3. The first-order chi connectivity index (χ1) is 9.47. The van der Waals surface area contributed by atoms with E-state index < -0.39 is 30.3 Å². The molecule has 1 amide bonds. The average molecular weight is 284 g/mol. The summed E-state index contributed by atoms with van der Waals surface area (Å²) >= 11 is 0. The highest BCUT2D eigenvalue weighted by molar-refractivity contribution is 5.95. The minimum absolute atomic E-state index is 0.0505. The lowest BCUT2D eigenvalue weighted by molar-refractivity contribution is -0.147. The van der Waals surface area contributed by atoms with Gasteiger partial charge in [-0.1, -0.05) is 0 Å². The predicted octanol–water partition coefficient (Wildman–Crippen LogP) is -1.41. The zero-order chi connectivity index (χ0) is 15.1. The molecule has 110 valence electrons. The molecule has 9 heteroatoms. The summed E-state index contributed by atoms with van der Waals surface area (Å²) in [5.74, 6) is -2.74. The molecule has 0 aliphatic carbocycles. The maximum absolute atomic E-state index is 11.8. The molecule has 1 aromatic heterocycles. The van der Waals surface area contributed by atoms with E-state index in [1.54, 1.807) is 4.57 Å². The van der Waals surface area contributed by atoms with Crippen molar-refractivity contribution in [3.8, 4) is 0 Å². The summed E-state index contributed by atoms with van der Waals surface area (Å²) < 4.78 is 5.97. The van der Waals surface area contributed by atoms with Crippen molar-refractivity contribution in [2.75, 3.05) is 13.7 Å². The second kappa shape index (κ2) is 7.24. The number of rotatable bonds is 7. The van der Waals surface area contributed by atoms with E-state index >= 15 is 0 Å². The molecule has 0 fully saturated rings. The van der Waals surface area contributed by atoms with Gasteiger partial charge in [-0.3, -0.25) is 9.59 Å². The normalized spacial score (nSPS) is 11.7. The molecule has 9 nitrogen and oxygen atoms in total. The standard InChI is InChI=1S/C11H16N4O5/c1-20-9(16)4-7(11(18)19)14-10(17)8-5-15(3-2-12)6-13-8/h5-7H,2-4,12H2,1H3,(H,14,17)(H,18,19)/t7-/m0/s1. The van der Waals surface area contributed by atoms with Crippen molar-refractivity contribution in [2.24, 2.45) is 5.73 Å². The number of esters is 1. The number of hydrogen-bond donors (Lipinski definition) is 3. The fourth-order valence-electron chi connectivity index (χ4n) is 1.43. The smallest absolute Gasteiger partial charge is 0.326 e. The number of carboxylic acids is 1. The molecule has 0 spiro atoms. The molecule has 0 unspecified atom stereocenters. The number of hydrogen-bond acceptors (Lipinski definition) is 6. The lowest BCUT2D eigenvalue weighted by Gasteiger charge is -2.12. The van der Waals surface area contributed by atoms with Crippen LogP contribution in [-0.2, 0) is 20.9 Å². The van der Waals surface area contributed by atoms with Crippen molar-refractivity contribution in [3.05, 3.63) is 18.2 Å². The number of nitrogens with two attached hydrogens (primary N) is 1. The second-order valence-corrected chi connectivity index (χ2v) is 3.93. The SMILES string of the molecule is COC(=O)C[C@H](NC(=O)c1cn(CCN)cn1)C(=O)O. The number of methoxy groups -OCH3 is 1. The fourth-order valence-corrected chi connectivity index (χ4v) is 1.43. The van der Waals surface area contributed by atoms with Gasteiger partial charge in [0.1, 0.15) is 11.7 Å². The Morgan fingerprint density at radius 3 is 2.80 bits per heavy atom. The van der Waals surface area contributed by atoms with Crippen LogP contribution in [0.5, 0.6) is 0 Å². The molecular formula is C11H16N4O5. The fraction of sp³-hybridized carbons (Fsp3) is 0.455. The zero-order valence-corrected chi connectivity index (χ0v) is 10.9. The van der Waals surface area contributed by atoms with Gasteiger partial charge in [0.2, 0.25) is 0 Å². The highest BCUT2D eigenvalue weighted by Gasteiger charge is 2.25. The van der Waals surface area contributed by atoms with E-state index in [2.05, 4.69) is 15.0 Å². The number of nitrogens with zero attached hydrogens (tertiary/aromatic N) is 2. The van der Waals surface area contributed by atoms with Crippen LogP contribution in [0.25, 0.3) is 0 Å². The molecule has 0 aromatic carbocycles. The first-order valence-electron chi connectivity index (χ1n) is 5.80. The van der Waals surface area contributed by atoms with Crippen molar-refractivity contribution >= 4 is 17.8 Å². The summed E-state index contributed by atoms with van der Waals surface area (Å²) in [6, 6.07) is -1.37. The van der Waals surface area contributed by atoms with Gasteiger partial charge < -0.3 is 25.5 Å². The minimum atomic E-state index is -1.37. The molecular weight excluding hydrogens is 268 g/mol. The van der Waals surface area contributed by atoms with Crippen LogP contribution in [0.1, 0.15) is 16.9 Å². The number of nitrogens with one attached hydrogen (secondary N) is 1. The third-order valence-electron chi connectivity index (χ3n) is 2.46. The Morgan fingerprint density at radius 1 is 1.55 bits per heavy atom. The molecule has 0 aliphatic heterocycles. The van der Waals surface area contributed by atoms with Gasteiger partial charge in [-0.25, -0.2) is 9.78 Å². The quantitative estimate of drug-likeness (QED) is 0.523. The highest BCUT2D eigenvalue weighted by atomic mass is 16.5. The van der Waals surface area contributed by atoms with Gasteiger partial charge in [0, 0.05) is 19.3 Å². The van der Waals surface area contributed by atoms with Gasteiger partial charge in [0.05, 0.1) is 19.9 Å². The van der Waals surface area contributed by atoms with E-state index in [1.807, 2.05) is 0 Å². The Labute approximate surface area is 114 Å². The molecule has 20 heavy (non-hydrogen) atoms. The van der Waals surface area contributed by atoms with Gasteiger partial charge in [-0.15, -0.1) is 0 Å². The Kier molecular flexibility index (Phi) is 5.66. The third kappa shape index (κ3) is 4.35. The number of imidazole rings is 1. The Hall–Kier alpha value is -2.42. The van der Waals surface area contributed by atoms with Crippen LogP contribution in [0.3, 0.4) is 0 Å². The molecule has 1 heterocycles. The summed E-state index contributed by atoms with van der Waals surface area (Å²) in [4.78, 5) is 37.7. The van der Waals surface area contributed by atoms with Crippen LogP contribution in [0.4, 0.5) is 0 Å². The van der Waals surface area contributed by atoms with Crippen LogP contribution in [0, 0.1) is 0 Å². The monoisotopic (exact) mass is 284 g/mol. The molecule has 0 saturated heterocycles. The largest absolute Gasteiger partial charge is 0.480 e. The molecule has 0 bridgehead atoms. The van der Waals surface area contributed by atoms with E-state index in [0.29, 0.717) is 13.1 Å². The first kappa shape index (κ1) is 15.6. The van der Waals surface area contributed by atoms with Crippen LogP contribution < -0.4 is 11.1 Å². The summed E-state index contributed by atoms with van der Waals surface area (Å²) in [5.41, 5.74) is 5.41. The predicted molar refractivity (Wildman–Crippen MR) is 66.8 cm³/mol. The molecule has 4 N–H and O–H groups in total. The number of carboxylic acid groups (broad SMARTS) is 1. The maximum Gasteiger partial charge on any atom is 0.326 e. The van der Waals surface area contributed by atoms with Crippen molar-refractivity contribution in [2.45, 2.75) is 19.0 Å². The number of aromatic nitrogens is 2. The molecule has 1 atom stereocenters. The minimum Gasteiger partial charge on any atom is -0.480 e. The summed E-state index contributed by atoms with van der Waals surface area (Å²) in [5, 5.41) is 11.1. The van der Waals surface area contributed by atoms with E-state index in [4.69, 9.17) is 10.8 Å². The lowest BCUT2D eigenvalue weighted by Crippen LogP contribution is -2.42. The van der Waals surface area contributed by atoms with E-state index in [-0.39, 0.29) is 5.69 Å². The van der Waals surface area contributed by atoms with Gasteiger partial charge in [0.25, 0.3) is 5.91 Å². The van der Waals surface area contributed by atoms with E-state index in [1.165, 1.54) is 12.5 Å². The summed E-state index contributed by atoms with van der Waals surface area (Å²) in [6.45, 7) is 0.877. The van der Waals surface area contributed by atoms with Crippen molar-refractivity contribution in [1.29, 1.82) is 0 Å². The Morgan fingerprint density at radius 2 is 2.25 bits per heavy atom. The molecule has 0 saturated carbocycles. The van der Waals surface area contributed by atoms with Gasteiger partial charge >= 0.3 is 11.9 Å². The molecule has 1 rings (SSSR count). The van der Waals surface area contributed by atoms with Crippen LogP contribution >= 0.6 is 0 Å². The summed E-state index contributed by atoms with van der Waals surface area (Å²) in [6.07, 6.45) is 2.40. The van der Waals surface area contributed by atoms with Crippen LogP contribution in [0.2, 0.25) is 0 Å². The van der Waals surface area contributed by atoms with E-state index in [0.717, 1.165) is 7.11 Å². The summed E-state index contributed by atoms with van der Waals surface area (Å²) in [7, 11) is 1.14. The number of amides is 1. The Balaban J connectivity index is 2.69. The Bertz CT molecular complexity index is 499. The van der Waals surface area contributed by atoms with Crippen LogP contribution in [-0.4, -0.2) is 52.2 Å². The van der Waals surface area contributed by atoms with E-state index in [9.17, 15) is 14.4 Å². The van der Waals surface area contributed by atoms with Crippen molar-refractivity contribution < 1.29 is 24.2 Å². The number of aliphatic carboxylic acids is 1. The topological polar surface area (TPSA) is 137 Å². The number of carbonyl (C=O) groups excluding carboxylic acids is 2. The zero-order valence-electron chi connectivity index (χ0n) is 10.9.